The zero-order chi connectivity index (χ0) is 25.6. The summed E-state index contributed by atoms with van der Waals surface area (Å²) in [6.45, 7) is 0.453. The van der Waals surface area contributed by atoms with Gasteiger partial charge in [-0.25, -0.2) is 14.3 Å². The van der Waals surface area contributed by atoms with Crippen LogP contribution >= 0.6 is 0 Å². The summed E-state index contributed by atoms with van der Waals surface area (Å²) in [6.07, 6.45) is 0.354. The summed E-state index contributed by atoms with van der Waals surface area (Å²) in [5.41, 5.74) is 3.08. The third-order valence-corrected chi connectivity index (χ3v) is 4.62. The maximum absolute atomic E-state index is 12.3. The highest BCUT2D eigenvalue weighted by Crippen LogP contribution is 2.20. The van der Waals surface area contributed by atoms with Crippen molar-refractivity contribution in [2.24, 2.45) is 5.90 Å². The van der Waals surface area contributed by atoms with Crippen molar-refractivity contribution in [3.05, 3.63) is 83.8 Å². The van der Waals surface area contributed by atoms with Gasteiger partial charge in [-0.2, -0.15) is 24.2 Å². The lowest BCUT2D eigenvalue weighted by Gasteiger charge is -2.06. The number of nitrogens with one attached hydrogen (secondary N) is 2. The smallest absolute Gasteiger partial charge is 0.475 e. The second kappa shape index (κ2) is 10.5. The highest BCUT2D eigenvalue weighted by molar-refractivity contribution is 6.02. The number of aliphatic carboxylic acids is 1. The van der Waals surface area contributed by atoms with Crippen LogP contribution in [0, 0.1) is 0 Å². The number of carboxylic acid groups (broad SMARTS) is 1. The van der Waals surface area contributed by atoms with Crippen LogP contribution in [0.25, 0.3) is 16.6 Å². The zero-order valence-corrected chi connectivity index (χ0v) is 17.7. The summed E-state index contributed by atoms with van der Waals surface area (Å²) in [4.78, 5) is 40.2. The summed E-state index contributed by atoms with van der Waals surface area (Å²) in [6, 6.07) is 14.1. The van der Waals surface area contributed by atoms with Crippen LogP contribution in [0.2, 0.25) is 0 Å². The van der Waals surface area contributed by atoms with E-state index in [2.05, 4.69) is 20.2 Å². The maximum Gasteiger partial charge on any atom is 0.490 e. The van der Waals surface area contributed by atoms with Crippen LogP contribution in [0.3, 0.4) is 0 Å². The van der Waals surface area contributed by atoms with Gasteiger partial charge in [0.2, 0.25) is 0 Å². The molecule has 10 nitrogen and oxygen atoms in total. The van der Waals surface area contributed by atoms with Gasteiger partial charge in [0.15, 0.2) is 0 Å². The minimum atomic E-state index is -5.08. The first-order valence-electron chi connectivity index (χ1n) is 9.80. The Morgan fingerprint density at radius 3 is 2.37 bits per heavy atom. The van der Waals surface area contributed by atoms with E-state index in [4.69, 9.17) is 15.8 Å². The second-order valence-electron chi connectivity index (χ2n) is 6.97. The van der Waals surface area contributed by atoms with Crippen molar-refractivity contribution in [3.8, 4) is 5.69 Å². The first-order valence-corrected chi connectivity index (χ1v) is 9.80. The van der Waals surface area contributed by atoms with Crippen molar-refractivity contribution in [2.45, 2.75) is 12.7 Å². The fourth-order valence-corrected chi connectivity index (χ4v) is 2.92. The van der Waals surface area contributed by atoms with Gasteiger partial charge in [-0.05, 0) is 42.0 Å². The van der Waals surface area contributed by atoms with Gasteiger partial charge in [-0.3, -0.25) is 4.79 Å². The Labute approximate surface area is 195 Å². The molecule has 0 atom stereocenters. The molecule has 0 radical (unpaired) electrons. The average Bonchev–Trinajstić information content (AvgIpc) is 3.51. The number of hydrogen-bond donors (Lipinski definition) is 4. The first-order chi connectivity index (χ1) is 16.6. The molecule has 4 rings (SSSR count). The average molecular weight is 489 g/mol. The van der Waals surface area contributed by atoms with Crippen molar-refractivity contribution < 1.29 is 37.5 Å². The van der Waals surface area contributed by atoms with Gasteiger partial charge in [-0.15, -0.1) is 0 Å². The number of amides is 1. The molecular weight excluding hydrogens is 471 g/mol. The van der Waals surface area contributed by atoms with Crippen LogP contribution in [0.5, 0.6) is 0 Å². The number of nitrogens with two attached hydrogens (primary N) is 1. The van der Waals surface area contributed by atoms with E-state index in [9.17, 15) is 22.8 Å². The largest absolute Gasteiger partial charge is 0.490 e. The molecule has 13 heteroatoms. The molecular formula is C22H18F3N5O5. The van der Waals surface area contributed by atoms with Gasteiger partial charge < -0.3 is 20.2 Å². The Morgan fingerprint density at radius 2 is 1.80 bits per heavy atom. The number of hydrogen-bond acceptors (Lipinski definition) is 6. The van der Waals surface area contributed by atoms with Gasteiger partial charge in [-0.1, -0.05) is 12.1 Å². The summed E-state index contributed by atoms with van der Waals surface area (Å²) in [5.74, 6) is 1.42. The van der Waals surface area contributed by atoms with Gasteiger partial charge in [0, 0.05) is 36.1 Å². The Morgan fingerprint density at radius 1 is 1.11 bits per heavy atom. The normalized spacial score (nSPS) is 10.9. The number of alkyl halides is 3. The minimum absolute atomic E-state index is 0.161. The van der Waals surface area contributed by atoms with Crippen LogP contribution in [-0.2, 0) is 16.2 Å². The number of benzene rings is 2. The third-order valence-electron chi connectivity index (χ3n) is 4.62. The van der Waals surface area contributed by atoms with Crippen molar-refractivity contribution in [1.82, 2.24) is 20.1 Å². The van der Waals surface area contributed by atoms with E-state index in [1.807, 2.05) is 24.5 Å². The predicted octanol–water partition coefficient (Wildman–Crippen LogP) is 2.95. The Kier molecular flexibility index (Phi) is 7.51. The van der Waals surface area contributed by atoms with Crippen molar-refractivity contribution in [2.75, 3.05) is 0 Å². The molecule has 0 bridgehead atoms. The van der Waals surface area contributed by atoms with Crippen LogP contribution in [0.15, 0.2) is 67.1 Å². The van der Waals surface area contributed by atoms with Crippen molar-refractivity contribution in [1.29, 1.82) is 0 Å². The summed E-state index contributed by atoms with van der Waals surface area (Å²) in [7, 11) is 0. The van der Waals surface area contributed by atoms with Crippen LogP contribution in [-0.4, -0.2) is 43.9 Å². The molecule has 0 unspecified atom stereocenters. The quantitative estimate of drug-likeness (QED) is 0.315. The number of aromatic nitrogens is 3. The number of rotatable bonds is 5. The molecule has 182 valence electrons. The lowest BCUT2D eigenvalue weighted by Crippen LogP contribution is -2.22. The molecule has 2 aromatic heterocycles. The fraction of sp³-hybridized carbons (Fsp3) is 0.0909. The van der Waals surface area contributed by atoms with E-state index in [1.54, 1.807) is 47.3 Å². The molecule has 0 aliphatic heterocycles. The molecule has 0 aliphatic rings. The van der Waals surface area contributed by atoms with Crippen LogP contribution in [0.1, 0.15) is 26.3 Å². The predicted molar refractivity (Wildman–Crippen MR) is 116 cm³/mol. The fourth-order valence-electron chi connectivity index (χ4n) is 2.92. The second-order valence-corrected chi connectivity index (χ2v) is 6.97. The standard InChI is InChI=1S/C20H17N5O3.C2HF3O2/c21-28-20(27)17-3-1-2-15-12-25(24-18(15)17)16-6-4-14(5-7-16)19(26)23-11-13-8-9-22-10-13;3-2(4,5)1(6)7/h1-10,12,22H,11,21H2,(H,23,26);(H,6,7). The molecule has 35 heavy (non-hydrogen) atoms. The van der Waals surface area contributed by atoms with E-state index in [0.717, 1.165) is 16.6 Å². The molecule has 2 aromatic carbocycles. The number of carboxylic acids is 1. The highest BCUT2D eigenvalue weighted by atomic mass is 19.4. The maximum atomic E-state index is 12.3. The summed E-state index contributed by atoms with van der Waals surface area (Å²) >= 11 is 0. The molecule has 2 heterocycles. The van der Waals surface area contributed by atoms with Crippen molar-refractivity contribution >= 4 is 28.7 Å². The third kappa shape index (κ3) is 6.23. The summed E-state index contributed by atoms with van der Waals surface area (Å²) < 4.78 is 33.4. The molecule has 5 N–H and O–H groups in total. The lowest BCUT2D eigenvalue weighted by atomic mass is 10.1. The van der Waals surface area contributed by atoms with Gasteiger partial charge in [0.25, 0.3) is 5.91 Å². The number of H-pyrrole nitrogens is 1. The summed E-state index contributed by atoms with van der Waals surface area (Å²) in [5, 5.41) is 15.2. The molecule has 0 saturated heterocycles. The van der Waals surface area contributed by atoms with Crippen LogP contribution < -0.4 is 11.2 Å². The molecule has 0 fully saturated rings. The van der Waals surface area contributed by atoms with E-state index < -0.39 is 18.1 Å². The SMILES string of the molecule is NOC(=O)c1cccc2cn(-c3ccc(C(=O)NCc4cc[nH]c4)cc3)nc12.O=C(O)C(F)(F)F. The highest BCUT2D eigenvalue weighted by Gasteiger charge is 2.38. The minimum Gasteiger partial charge on any atom is -0.475 e. The molecule has 0 spiro atoms. The first kappa shape index (κ1) is 25.0. The molecule has 0 saturated carbocycles. The number of aromatic amines is 1. The molecule has 4 aromatic rings. The van der Waals surface area contributed by atoms with E-state index in [-0.39, 0.29) is 5.91 Å². The van der Waals surface area contributed by atoms with E-state index in [0.29, 0.717) is 23.2 Å². The topological polar surface area (TPSA) is 152 Å². The van der Waals surface area contributed by atoms with E-state index >= 15 is 0 Å². The number of carbonyl (C=O) groups excluding carboxylic acids is 2. The lowest BCUT2D eigenvalue weighted by molar-refractivity contribution is -0.192. The Hall–Kier alpha value is -4.65. The van der Waals surface area contributed by atoms with Crippen molar-refractivity contribution in [3.63, 3.8) is 0 Å². The number of halogens is 3. The number of nitrogens with zero attached hydrogens (tertiary/aromatic N) is 2. The zero-order valence-electron chi connectivity index (χ0n) is 17.7. The number of carbonyl (C=O) groups is 3. The number of fused-ring (bicyclic) bond motifs is 1. The van der Waals surface area contributed by atoms with Gasteiger partial charge in [0.05, 0.1) is 11.3 Å². The molecule has 1 amide bonds. The van der Waals surface area contributed by atoms with Crippen LogP contribution in [0.4, 0.5) is 13.2 Å². The van der Waals surface area contributed by atoms with E-state index in [1.165, 1.54) is 0 Å². The Balaban J connectivity index is 0.000000429. The monoisotopic (exact) mass is 489 g/mol. The van der Waals surface area contributed by atoms with Gasteiger partial charge >= 0.3 is 18.1 Å². The Bertz CT molecular complexity index is 1330. The van der Waals surface area contributed by atoms with Gasteiger partial charge in [0.1, 0.15) is 5.52 Å². The molecule has 0 aliphatic carbocycles.